The number of aromatic nitrogens is 4. The molecule has 38 heavy (non-hydrogen) atoms. The zero-order valence-electron chi connectivity index (χ0n) is 22.5. The molecule has 0 atom stereocenters. The first-order chi connectivity index (χ1) is 18.0. The normalized spacial score (nSPS) is 11.8. The fourth-order valence-electron chi connectivity index (χ4n) is 4.40. The zero-order chi connectivity index (χ0) is 27.2. The van der Waals surface area contributed by atoms with Gasteiger partial charge >= 0.3 is 5.69 Å². The molecule has 5 rings (SSSR count). The van der Waals surface area contributed by atoms with Crippen LogP contribution in [0.15, 0.2) is 71.8 Å². The average molecular weight is 516 g/mol. The summed E-state index contributed by atoms with van der Waals surface area (Å²) in [7, 11) is 0.283. The van der Waals surface area contributed by atoms with E-state index in [1.807, 2.05) is 68.6 Å². The van der Waals surface area contributed by atoms with E-state index in [9.17, 15) is 10.1 Å². The number of rotatable bonds is 3. The molecule has 0 aliphatic rings. The first-order valence-electron chi connectivity index (χ1n) is 12.5. The summed E-state index contributed by atoms with van der Waals surface area (Å²) in [5.74, 6) is 3.20. The Kier molecular flexibility index (Phi) is 6.05. The van der Waals surface area contributed by atoms with Gasteiger partial charge in [-0.3, -0.25) is 14.1 Å². The zero-order valence-corrected chi connectivity index (χ0v) is 23.5. The molecule has 0 unspecified atom stereocenters. The Morgan fingerprint density at radius 3 is 2.26 bits per heavy atom. The van der Waals surface area contributed by atoms with Crippen molar-refractivity contribution < 1.29 is 0 Å². The molecule has 0 aliphatic heterocycles. The molecule has 0 saturated carbocycles. The minimum atomic E-state index is -1.48. The van der Waals surface area contributed by atoms with Crippen LogP contribution in [0.2, 0.25) is 19.6 Å². The molecule has 2 aromatic carbocycles. The van der Waals surface area contributed by atoms with E-state index in [0.29, 0.717) is 0 Å². The van der Waals surface area contributed by atoms with Crippen LogP contribution in [0.1, 0.15) is 25.1 Å². The molecule has 3 aromatic heterocycles. The lowest BCUT2D eigenvalue weighted by Crippen LogP contribution is -2.21. The molecular weight excluding hydrogens is 486 g/mol. The summed E-state index contributed by atoms with van der Waals surface area (Å²) in [5.41, 5.74) is 9.28. The lowest BCUT2D eigenvalue weighted by molar-refractivity contribution is 0.686. The van der Waals surface area contributed by atoms with Crippen LogP contribution >= 0.6 is 0 Å². The van der Waals surface area contributed by atoms with E-state index in [4.69, 9.17) is 0 Å². The van der Waals surface area contributed by atoms with Crippen molar-refractivity contribution in [1.82, 2.24) is 19.1 Å². The third kappa shape index (κ3) is 4.53. The van der Waals surface area contributed by atoms with Crippen molar-refractivity contribution in [2.45, 2.75) is 38.9 Å². The molecule has 0 fully saturated rings. The molecule has 6 nitrogen and oxygen atoms in total. The number of imidazole rings is 1. The van der Waals surface area contributed by atoms with Crippen LogP contribution in [0.4, 0.5) is 0 Å². The molecule has 7 heteroatoms. The van der Waals surface area contributed by atoms with Crippen molar-refractivity contribution in [3.8, 4) is 34.3 Å². The molecule has 3 heterocycles. The van der Waals surface area contributed by atoms with E-state index in [1.165, 1.54) is 0 Å². The van der Waals surface area contributed by atoms with Crippen molar-refractivity contribution >= 4 is 30.0 Å². The minimum absolute atomic E-state index is 0.154. The summed E-state index contributed by atoms with van der Waals surface area (Å²) in [4.78, 5) is 22.6. The Morgan fingerprint density at radius 2 is 1.63 bits per heavy atom. The maximum atomic E-state index is 13.4. The summed E-state index contributed by atoms with van der Waals surface area (Å²) >= 11 is 0. The Balaban J connectivity index is 1.66. The molecule has 0 radical (unpaired) electrons. The number of hydrogen-bond donors (Lipinski definition) is 0. The summed E-state index contributed by atoms with van der Waals surface area (Å²) < 4.78 is 3.34. The van der Waals surface area contributed by atoms with Crippen LogP contribution in [0.5, 0.6) is 0 Å². The third-order valence-corrected chi connectivity index (χ3v) is 7.55. The van der Waals surface area contributed by atoms with Gasteiger partial charge in [-0.1, -0.05) is 49.8 Å². The first-order valence-corrected chi connectivity index (χ1v) is 16.0. The molecule has 0 saturated heterocycles. The largest absolute Gasteiger partial charge is 0.333 e. The van der Waals surface area contributed by atoms with Crippen molar-refractivity contribution in [3.63, 3.8) is 0 Å². The lowest BCUT2D eigenvalue weighted by atomic mass is 9.86. The van der Waals surface area contributed by atoms with Gasteiger partial charge in [0.25, 0.3) is 0 Å². The molecule has 0 amide bonds. The van der Waals surface area contributed by atoms with Crippen molar-refractivity contribution in [1.29, 1.82) is 5.26 Å². The van der Waals surface area contributed by atoms with E-state index < -0.39 is 13.5 Å². The van der Waals surface area contributed by atoms with Crippen molar-refractivity contribution in [2.75, 3.05) is 0 Å². The van der Waals surface area contributed by atoms with Gasteiger partial charge in [-0.2, -0.15) is 5.26 Å². The summed E-state index contributed by atoms with van der Waals surface area (Å²) in [6.07, 6.45) is 3.59. The smallest absolute Gasteiger partial charge is 0.293 e. The van der Waals surface area contributed by atoms with Crippen LogP contribution in [-0.4, -0.2) is 27.2 Å². The van der Waals surface area contributed by atoms with Gasteiger partial charge in [-0.25, -0.2) is 9.78 Å². The Hall–Kier alpha value is -4.46. The highest BCUT2D eigenvalue weighted by Crippen LogP contribution is 2.30. The van der Waals surface area contributed by atoms with E-state index in [0.717, 1.165) is 50.0 Å². The van der Waals surface area contributed by atoms with E-state index >= 15 is 0 Å². The summed E-state index contributed by atoms with van der Waals surface area (Å²) in [5, 5.41) is 10.4. The number of pyridine rings is 2. The van der Waals surface area contributed by atoms with E-state index in [-0.39, 0.29) is 5.69 Å². The molecule has 0 spiro atoms. The van der Waals surface area contributed by atoms with Crippen LogP contribution in [0, 0.1) is 22.8 Å². The minimum Gasteiger partial charge on any atom is -0.293 e. The maximum Gasteiger partial charge on any atom is 0.333 e. The Labute approximate surface area is 223 Å². The highest BCUT2D eigenvalue weighted by molar-refractivity contribution is 6.83. The van der Waals surface area contributed by atoms with E-state index in [2.05, 4.69) is 53.2 Å². The molecule has 0 aliphatic carbocycles. The lowest BCUT2D eigenvalue weighted by Gasteiger charge is -2.16. The number of fused-ring (bicyclic) bond motifs is 3. The first kappa shape index (κ1) is 25.2. The van der Waals surface area contributed by atoms with Crippen LogP contribution in [0.3, 0.4) is 0 Å². The fraction of sp³-hybridized carbons (Fsp3) is 0.226. The highest BCUT2D eigenvalue weighted by atomic mass is 28.3. The number of nitriles is 1. The average Bonchev–Trinajstić information content (AvgIpc) is 3.17. The predicted molar refractivity (Wildman–Crippen MR) is 156 cm³/mol. The van der Waals surface area contributed by atoms with Gasteiger partial charge in [0.05, 0.1) is 39.9 Å². The molecular formula is C31H29N5OSi. The fourth-order valence-corrected chi connectivity index (χ4v) is 4.90. The second-order valence-corrected chi connectivity index (χ2v) is 15.9. The van der Waals surface area contributed by atoms with Gasteiger partial charge in [0.15, 0.2) is 0 Å². The van der Waals surface area contributed by atoms with Gasteiger partial charge in [0.1, 0.15) is 13.8 Å². The number of hydrogen-bond acceptors (Lipinski definition) is 4. The van der Waals surface area contributed by atoms with Gasteiger partial charge in [0.2, 0.25) is 0 Å². The van der Waals surface area contributed by atoms with Crippen LogP contribution in [0.25, 0.3) is 38.8 Å². The second kappa shape index (κ2) is 9.13. The molecule has 0 bridgehead atoms. The molecule has 188 valence electrons. The second-order valence-electron chi connectivity index (χ2n) is 11.1. The monoisotopic (exact) mass is 515 g/mol. The van der Waals surface area contributed by atoms with Crippen molar-refractivity contribution in [3.05, 3.63) is 88.7 Å². The SMILES string of the molecule is Cn1c(=O)n(-c2ccc(C(C)(C)C#N)cc2)c2c3cc(-c4ccc(C#C[Si](C)(C)C)nc4)ccc3ncc21. The standard InChI is InChI=1S/C31H29N5OSi/c1-31(2,20-32)23-9-12-25(13-10-23)36-29-26-17-21(8-14-27(26)34-19-28(29)35(3)30(36)37)22-7-11-24(33-18-22)15-16-38(4,5)6/h7-14,17-19H,1-6H3. The quantitative estimate of drug-likeness (QED) is 0.219. The van der Waals surface area contributed by atoms with Gasteiger partial charge in [-0.15, -0.1) is 5.54 Å². The number of nitrogens with zero attached hydrogens (tertiary/aromatic N) is 5. The number of benzene rings is 2. The summed E-state index contributed by atoms with van der Waals surface area (Å²) in [6.45, 7) is 10.4. The van der Waals surface area contributed by atoms with Crippen molar-refractivity contribution in [2.24, 2.45) is 7.05 Å². The number of aryl methyl sites for hydroxylation is 1. The van der Waals surface area contributed by atoms with Crippen LogP contribution in [-0.2, 0) is 12.5 Å². The highest BCUT2D eigenvalue weighted by Gasteiger charge is 2.21. The van der Waals surface area contributed by atoms with Crippen LogP contribution < -0.4 is 5.69 Å². The maximum absolute atomic E-state index is 13.4. The Bertz CT molecular complexity index is 1850. The van der Waals surface area contributed by atoms with E-state index in [1.54, 1.807) is 22.4 Å². The third-order valence-electron chi connectivity index (χ3n) is 6.67. The predicted octanol–water partition coefficient (Wildman–Crippen LogP) is 5.97. The van der Waals surface area contributed by atoms with Gasteiger partial charge < -0.3 is 0 Å². The summed E-state index contributed by atoms with van der Waals surface area (Å²) in [6, 6.07) is 20.0. The molecule has 0 N–H and O–H groups in total. The van der Waals surface area contributed by atoms with Gasteiger partial charge in [0, 0.05) is 24.2 Å². The molecule has 5 aromatic rings. The van der Waals surface area contributed by atoms with Gasteiger partial charge in [-0.05, 0) is 55.3 Å². The topological polar surface area (TPSA) is 76.5 Å². The Morgan fingerprint density at radius 1 is 0.921 bits per heavy atom.